The summed E-state index contributed by atoms with van der Waals surface area (Å²) in [5.74, 6) is -0.0946. The number of amides is 1. The van der Waals surface area contributed by atoms with Crippen LogP contribution < -0.4 is 11.1 Å². The van der Waals surface area contributed by atoms with Crippen LogP contribution in [0.15, 0.2) is 48.8 Å². The van der Waals surface area contributed by atoms with E-state index >= 15 is 0 Å². The standard InChI is InChI=1S/C18H21N3O2.2ClH/c19-12-16-5-6-17(23-16)18(22)21-15-3-1-13(2-4-15)11-14-7-9-20-10-8-14;;/h1-4,7-10,16-17H,5-6,11-12,19H2,(H,21,22);2*1H/t16-,17+;;/m1../s1. The van der Waals surface area contributed by atoms with Crippen molar-refractivity contribution in [1.82, 2.24) is 4.98 Å². The maximum absolute atomic E-state index is 12.2. The molecule has 1 saturated heterocycles. The maximum atomic E-state index is 12.2. The first-order valence-corrected chi connectivity index (χ1v) is 7.89. The van der Waals surface area contributed by atoms with Crippen LogP contribution in [0.25, 0.3) is 0 Å². The molecule has 1 amide bonds. The first-order valence-electron chi connectivity index (χ1n) is 7.89. The average molecular weight is 384 g/mol. The summed E-state index contributed by atoms with van der Waals surface area (Å²) in [6, 6.07) is 11.9. The lowest BCUT2D eigenvalue weighted by Gasteiger charge is -2.13. The quantitative estimate of drug-likeness (QED) is 0.831. The van der Waals surface area contributed by atoms with Crippen LogP contribution in [0.5, 0.6) is 0 Å². The zero-order valence-electron chi connectivity index (χ0n) is 13.8. The molecule has 1 fully saturated rings. The summed E-state index contributed by atoms with van der Waals surface area (Å²) in [6.45, 7) is 0.466. The molecule has 2 heterocycles. The second-order valence-electron chi connectivity index (χ2n) is 5.78. The van der Waals surface area contributed by atoms with E-state index in [9.17, 15) is 4.79 Å². The Morgan fingerprint density at radius 2 is 1.72 bits per heavy atom. The molecule has 7 heteroatoms. The van der Waals surface area contributed by atoms with Gasteiger partial charge < -0.3 is 15.8 Å². The van der Waals surface area contributed by atoms with Crippen LogP contribution in [0.4, 0.5) is 5.69 Å². The molecule has 2 aromatic rings. The molecule has 0 spiro atoms. The molecule has 3 N–H and O–H groups in total. The Morgan fingerprint density at radius 1 is 1.08 bits per heavy atom. The molecule has 0 radical (unpaired) electrons. The monoisotopic (exact) mass is 383 g/mol. The van der Waals surface area contributed by atoms with Crippen LogP contribution in [0.2, 0.25) is 0 Å². The topological polar surface area (TPSA) is 77.2 Å². The summed E-state index contributed by atoms with van der Waals surface area (Å²) in [7, 11) is 0. The van der Waals surface area contributed by atoms with E-state index in [4.69, 9.17) is 10.5 Å². The number of aromatic nitrogens is 1. The Morgan fingerprint density at radius 3 is 2.32 bits per heavy atom. The van der Waals surface area contributed by atoms with Gasteiger partial charge in [-0.3, -0.25) is 9.78 Å². The van der Waals surface area contributed by atoms with Crippen molar-refractivity contribution in [3.63, 3.8) is 0 Å². The normalized spacial score (nSPS) is 18.8. The summed E-state index contributed by atoms with van der Waals surface area (Å²) >= 11 is 0. The third-order valence-corrected chi connectivity index (χ3v) is 4.04. The molecule has 1 aliphatic heterocycles. The molecule has 0 bridgehead atoms. The number of hydrogen-bond acceptors (Lipinski definition) is 4. The molecule has 0 saturated carbocycles. The van der Waals surface area contributed by atoms with Gasteiger partial charge in [-0.1, -0.05) is 12.1 Å². The van der Waals surface area contributed by atoms with Gasteiger partial charge in [0.1, 0.15) is 6.10 Å². The Labute approximate surface area is 160 Å². The van der Waals surface area contributed by atoms with Crippen LogP contribution in [0.3, 0.4) is 0 Å². The zero-order chi connectivity index (χ0) is 16.1. The molecular weight excluding hydrogens is 361 g/mol. The number of rotatable bonds is 5. The molecule has 136 valence electrons. The number of hydrogen-bond donors (Lipinski definition) is 2. The summed E-state index contributed by atoms with van der Waals surface area (Å²) in [5.41, 5.74) is 8.75. The lowest BCUT2D eigenvalue weighted by molar-refractivity contribution is -0.126. The van der Waals surface area contributed by atoms with Crippen molar-refractivity contribution in [3.05, 3.63) is 59.9 Å². The van der Waals surface area contributed by atoms with Crippen molar-refractivity contribution in [2.45, 2.75) is 31.5 Å². The number of carbonyl (C=O) groups excluding carboxylic acids is 1. The number of nitrogens with zero attached hydrogens (tertiary/aromatic N) is 1. The first-order chi connectivity index (χ1) is 11.2. The van der Waals surface area contributed by atoms with Gasteiger partial charge in [0.05, 0.1) is 6.10 Å². The fourth-order valence-corrected chi connectivity index (χ4v) is 2.74. The van der Waals surface area contributed by atoms with Crippen LogP contribution in [0.1, 0.15) is 24.0 Å². The number of anilines is 1. The van der Waals surface area contributed by atoms with E-state index in [-0.39, 0.29) is 42.9 Å². The number of carbonyl (C=O) groups is 1. The first kappa shape index (κ1) is 21.4. The number of nitrogens with one attached hydrogen (secondary N) is 1. The van der Waals surface area contributed by atoms with Gasteiger partial charge in [0, 0.05) is 24.6 Å². The largest absolute Gasteiger partial charge is 0.364 e. The van der Waals surface area contributed by atoms with Gasteiger partial charge in [0.25, 0.3) is 5.91 Å². The van der Waals surface area contributed by atoms with Gasteiger partial charge in [-0.2, -0.15) is 0 Å². The highest BCUT2D eigenvalue weighted by Gasteiger charge is 2.29. The van der Waals surface area contributed by atoms with Gasteiger partial charge in [-0.05, 0) is 54.7 Å². The van der Waals surface area contributed by atoms with Crippen LogP contribution in [0, 0.1) is 0 Å². The Balaban J connectivity index is 0.00000156. The average Bonchev–Trinajstić information content (AvgIpc) is 3.07. The lowest BCUT2D eigenvalue weighted by Crippen LogP contribution is -2.29. The highest BCUT2D eigenvalue weighted by atomic mass is 35.5. The minimum absolute atomic E-state index is 0. The number of pyridine rings is 1. The predicted octanol–water partition coefficient (Wildman–Crippen LogP) is 2.96. The van der Waals surface area contributed by atoms with Crippen molar-refractivity contribution < 1.29 is 9.53 Å². The van der Waals surface area contributed by atoms with E-state index in [2.05, 4.69) is 10.3 Å². The lowest BCUT2D eigenvalue weighted by atomic mass is 10.1. The van der Waals surface area contributed by atoms with Gasteiger partial charge in [-0.15, -0.1) is 24.8 Å². The number of ether oxygens (including phenoxy) is 1. The zero-order valence-corrected chi connectivity index (χ0v) is 15.4. The number of benzene rings is 1. The van der Waals surface area contributed by atoms with Crippen LogP contribution in [-0.4, -0.2) is 29.6 Å². The van der Waals surface area contributed by atoms with E-state index in [1.54, 1.807) is 12.4 Å². The van der Waals surface area contributed by atoms with Crippen molar-refractivity contribution in [2.75, 3.05) is 11.9 Å². The van der Waals surface area contributed by atoms with Crippen LogP contribution >= 0.6 is 24.8 Å². The highest BCUT2D eigenvalue weighted by Crippen LogP contribution is 2.21. The van der Waals surface area contributed by atoms with Gasteiger partial charge in [0.15, 0.2) is 0 Å². The summed E-state index contributed by atoms with van der Waals surface area (Å²) in [4.78, 5) is 16.2. The Bertz CT molecular complexity index is 653. The number of halogens is 2. The van der Waals surface area contributed by atoms with Gasteiger partial charge in [0.2, 0.25) is 0 Å². The van der Waals surface area contributed by atoms with Gasteiger partial charge >= 0.3 is 0 Å². The smallest absolute Gasteiger partial charge is 0.253 e. The molecule has 2 atom stereocenters. The second-order valence-corrected chi connectivity index (χ2v) is 5.78. The fourth-order valence-electron chi connectivity index (χ4n) is 2.74. The van der Waals surface area contributed by atoms with Crippen LogP contribution in [-0.2, 0) is 16.0 Å². The Kier molecular flexibility index (Phi) is 8.86. The SMILES string of the molecule is Cl.Cl.NC[C@H]1CC[C@@H](C(=O)Nc2ccc(Cc3ccncc3)cc2)O1. The molecule has 1 aromatic heterocycles. The molecule has 0 unspecified atom stereocenters. The third-order valence-electron chi connectivity index (χ3n) is 4.04. The van der Waals surface area contributed by atoms with Crippen molar-refractivity contribution in [1.29, 1.82) is 0 Å². The van der Waals surface area contributed by atoms with E-state index in [0.717, 1.165) is 24.9 Å². The van der Waals surface area contributed by atoms with Gasteiger partial charge in [-0.25, -0.2) is 0 Å². The molecule has 3 rings (SSSR count). The second kappa shape index (κ2) is 10.4. The van der Waals surface area contributed by atoms with Crippen molar-refractivity contribution in [2.24, 2.45) is 5.73 Å². The predicted molar refractivity (Wildman–Crippen MR) is 104 cm³/mol. The minimum Gasteiger partial charge on any atom is -0.364 e. The fraction of sp³-hybridized carbons (Fsp3) is 0.333. The molecule has 5 nitrogen and oxygen atoms in total. The molecule has 0 aliphatic carbocycles. The molecule has 1 aliphatic rings. The van der Waals surface area contributed by atoms with E-state index in [1.807, 2.05) is 36.4 Å². The van der Waals surface area contributed by atoms with Crippen molar-refractivity contribution >= 4 is 36.4 Å². The van der Waals surface area contributed by atoms with E-state index in [0.29, 0.717) is 6.54 Å². The van der Waals surface area contributed by atoms with E-state index in [1.165, 1.54) is 11.1 Å². The van der Waals surface area contributed by atoms with Crippen molar-refractivity contribution in [3.8, 4) is 0 Å². The Hall–Kier alpha value is -1.66. The van der Waals surface area contributed by atoms with E-state index < -0.39 is 0 Å². The summed E-state index contributed by atoms with van der Waals surface area (Å²) < 4.78 is 5.60. The molecular formula is C18H23Cl2N3O2. The minimum atomic E-state index is -0.389. The summed E-state index contributed by atoms with van der Waals surface area (Å²) in [6.07, 6.45) is 5.63. The molecule has 25 heavy (non-hydrogen) atoms. The number of nitrogens with two attached hydrogens (primary N) is 1. The third kappa shape index (κ3) is 5.97. The maximum Gasteiger partial charge on any atom is 0.253 e. The highest BCUT2D eigenvalue weighted by molar-refractivity contribution is 5.94. The summed E-state index contributed by atoms with van der Waals surface area (Å²) in [5, 5.41) is 2.90. The molecule has 1 aromatic carbocycles.